The Kier molecular flexibility index (Phi) is 4.38. The molecule has 0 saturated heterocycles. The molecule has 0 aliphatic heterocycles. The minimum absolute atomic E-state index is 0.430. The highest BCUT2D eigenvalue weighted by molar-refractivity contribution is 5.58. The molecule has 0 saturated carbocycles. The molecule has 5 heteroatoms. The zero-order chi connectivity index (χ0) is 16.1. The Balaban J connectivity index is 1.84. The quantitative estimate of drug-likeness (QED) is 0.574. The first kappa shape index (κ1) is 14.8. The third kappa shape index (κ3) is 3.58. The molecule has 1 aromatic heterocycles. The number of nitrogens with zero attached hydrogens (tertiary/aromatic N) is 3. The van der Waals surface area contributed by atoms with Crippen LogP contribution in [0.2, 0.25) is 0 Å². The first-order valence-corrected chi connectivity index (χ1v) is 7.45. The number of hydrogen-bond acceptors (Lipinski definition) is 4. The Bertz CT molecular complexity index is 835. The fraction of sp³-hybridized carbons (Fsp3) is 0.111. The van der Waals surface area contributed by atoms with Crippen molar-refractivity contribution < 1.29 is 0 Å². The van der Waals surface area contributed by atoms with Crippen LogP contribution in [-0.4, -0.2) is 9.66 Å². The summed E-state index contributed by atoms with van der Waals surface area (Å²) in [7, 11) is 0. The number of rotatable bonds is 4. The van der Waals surface area contributed by atoms with Crippen molar-refractivity contribution in [1.29, 1.82) is 0 Å². The van der Waals surface area contributed by atoms with Gasteiger partial charge in [0.1, 0.15) is 0 Å². The zero-order valence-electron chi connectivity index (χ0n) is 13.0. The van der Waals surface area contributed by atoms with Gasteiger partial charge in [-0.2, -0.15) is 0 Å². The molecule has 23 heavy (non-hydrogen) atoms. The van der Waals surface area contributed by atoms with Gasteiger partial charge in [-0.05, 0) is 18.6 Å². The van der Waals surface area contributed by atoms with Crippen molar-refractivity contribution in [2.24, 2.45) is 10.9 Å². The van der Waals surface area contributed by atoms with E-state index < -0.39 is 0 Å². The van der Waals surface area contributed by atoms with E-state index in [0.29, 0.717) is 12.2 Å². The molecular formula is C18H19N5. The summed E-state index contributed by atoms with van der Waals surface area (Å²) in [6.45, 7) is 2.73. The van der Waals surface area contributed by atoms with Crippen LogP contribution in [-0.2, 0) is 6.54 Å². The third-order valence-electron chi connectivity index (χ3n) is 3.58. The third-order valence-corrected chi connectivity index (χ3v) is 3.58. The van der Waals surface area contributed by atoms with Gasteiger partial charge in [0.15, 0.2) is 0 Å². The highest BCUT2D eigenvalue weighted by Crippen LogP contribution is 2.15. The molecule has 1 heterocycles. The molecule has 3 aromatic rings. The van der Waals surface area contributed by atoms with Gasteiger partial charge in [0, 0.05) is 11.8 Å². The topological polar surface area (TPSA) is 68.2 Å². The Morgan fingerprint density at radius 2 is 1.78 bits per heavy atom. The van der Waals surface area contributed by atoms with Crippen LogP contribution in [0.1, 0.15) is 11.1 Å². The first-order chi connectivity index (χ1) is 11.3. The van der Waals surface area contributed by atoms with E-state index >= 15 is 0 Å². The molecule has 0 aliphatic carbocycles. The van der Waals surface area contributed by atoms with Crippen LogP contribution in [0.5, 0.6) is 0 Å². The van der Waals surface area contributed by atoms with Gasteiger partial charge in [-0.25, -0.2) is 9.66 Å². The molecule has 0 atom stereocenters. The smallest absolute Gasteiger partial charge is 0.265 e. The maximum absolute atomic E-state index is 5.49. The van der Waals surface area contributed by atoms with Crippen molar-refractivity contribution in [3.63, 3.8) is 0 Å². The zero-order valence-corrected chi connectivity index (χ0v) is 13.0. The predicted molar refractivity (Wildman–Crippen MR) is 91.7 cm³/mol. The molecule has 3 N–H and O–H groups in total. The number of benzene rings is 2. The molecule has 0 bridgehead atoms. The molecule has 2 aromatic carbocycles. The summed E-state index contributed by atoms with van der Waals surface area (Å²) < 4.78 is 1.73. The SMILES string of the molecule is Cc1ccc(-c2ccn(NCc3ccccc3)/c(=N/N)n2)cc1. The van der Waals surface area contributed by atoms with Crippen LogP contribution in [0, 0.1) is 6.92 Å². The van der Waals surface area contributed by atoms with Gasteiger partial charge >= 0.3 is 0 Å². The van der Waals surface area contributed by atoms with Crippen molar-refractivity contribution in [2.75, 3.05) is 5.43 Å². The Morgan fingerprint density at radius 3 is 2.48 bits per heavy atom. The van der Waals surface area contributed by atoms with Gasteiger partial charge in [0.25, 0.3) is 5.62 Å². The Hall–Kier alpha value is -3.08. The van der Waals surface area contributed by atoms with E-state index in [2.05, 4.69) is 46.7 Å². The van der Waals surface area contributed by atoms with E-state index in [1.54, 1.807) is 4.68 Å². The molecule has 3 rings (SSSR count). The average Bonchev–Trinajstić information content (AvgIpc) is 2.61. The van der Waals surface area contributed by atoms with Crippen molar-refractivity contribution in [2.45, 2.75) is 13.5 Å². The lowest BCUT2D eigenvalue weighted by Crippen LogP contribution is -2.32. The van der Waals surface area contributed by atoms with Crippen LogP contribution in [0.15, 0.2) is 72.0 Å². The maximum Gasteiger partial charge on any atom is 0.265 e. The summed E-state index contributed by atoms with van der Waals surface area (Å²) >= 11 is 0. The van der Waals surface area contributed by atoms with E-state index in [9.17, 15) is 0 Å². The lowest BCUT2D eigenvalue weighted by Gasteiger charge is -2.11. The van der Waals surface area contributed by atoms with Crippen molar-refractivity contribution in [3.05, 3.63) is 83.6 Å². The molecule has 0 unspecified atom stereocenters. The Labute approximate surface area is 135 Å². The summed E-state index contributed by atoms with van der Waals surface area (Å²) in [4.78, 5) is 4.51. The van der Waals surface area contributed by atoms with Crippen LogP contribution in [0.3, 0.4) is 0 Å². The van der Waals surface area contributed by atoms with Gasteiger partial charge in [-0.15, -0.1) is 5.10 Å². The number of aromatic nitrogens is 2. The second-order valence-corrected chi connectivity index (χ2v) is 5.30. The van der Waals surface area contributed by atoms with Crippen molar-refractivity contribution in [1.82, 2.24) is 9.66 Å². The van der Waals surface area contributed by atoms with Gasteiger partial charge in [0.05, 0.1) is 12.2 Å². The van der Waals surface area contributed by atoms with Crippen LogP contribution in [0.4, 0.5) is 0 Å². The molecule has 5 nitrogen and oxygen atoms in total. The maximum atomic E-state index is 5.49. The number of nitrogens with one attached hydrogen (secondary N) is 1. The van der Waals surface area contributed by atoms with E-state index in [-0.39, 0.29) is 0 Å². The normalized spacial score (nSPS) is 11.4. The minimum atomic E-state index is 0.430. The van der Waals surface area contributed by atoms with Gasteiger partial charge < -0.3 is 11.3 Å². The minimum Gasteiger partial charge on any atom is -0.320 e. The summed E-state index contributed by atoms with van der Waals surface area (Å²) in [5.41, 5.74) is 7.94. The second-order valence-electron chi connectivity index (χ2n) is 5.30. The highest BCUT2D eigenvalue weighted by Gasteiger charge is 2.02. The standard InChI is InChI=1S/C18H19N5/c1-14-7-9-16(10-8-14)17-11-12-23(18(21-17)22-19)20-13-15-5-3-2-4-6-15/h2-12,20H,13,19H2,1H3/b22-18+. The van der Waals surface area contributed by atoms with Crippen LogP contribution in [0.25, 0.3) is 11.3 Å². The molecular weight excluding hydrogens is 286 g/mol. The lowest BCUT2D eigenvalue weighted by atomic mass is 10.1. The predicted octanol–water partition coefficient (Wildman–Crippen LogP) is 2.38. The first-order valence-electron chi connectivity index (χ1n) is 7.45. The summed E-state index contributed by atoms with van der Waals surface area (Å²) in [5, 5.41) is 3.78. The Morgan fingerprint density at radius 1 is 1.04 bits per heavy atom. The fourth-order valence-corrected chi connectivity index (χ4v) is 2.28. The van der Waals surface area contributed by atoms with E-state index in [4.69, 9.17) is 5.84 Å². The molecule has 116 valence electrons. The van der Waals surface area contributed by atoms with Gasteiger partial charge in [0.2, 0.25) is 0 Å². The summed E-state index contributed by atoms with van der Waals surface area (Å²) in [6, 6.07) is 20.3. The van der Waals surface area contributed by atoms with Crippen molar-refractivity contribution in [3.8, 4) is 11.3 Å². The van der Waals surface area contributed by atoms with E-state index in [1.165, 1.54) is 11.1 Å². The number of aryl methyl sites for hydroxylation is 1. The monoisotopic (exact) mass is 305 g/mol. The largest absolute Gasteiger partial charge is 0.320 e. The molecule has 0 radical (unpaired) electrons. The molecule has 0 amide bonds. The highest BCUT2D eigenvalue weighted by atomic mass is 15.4. The second kappa shape index (κ2) is 6.79. The van der Waals surface area contributed by atoms with Crippen LogP contribution < -0.4 is 16.9 Å². The van der Waals surface area contributed by atoms with Gasteiger partial charge in [-0.1, -0.05) is 60.2 Å². The summed E-state index contributed by atoms with van der Waals surface area (Å²) in [6.07, 6.45) is 1.89. The van der Waals surface area contributed by atoms with Crippen LogP contribution >= 0.6 is 0 Å². The van der Waals surface area contributed by atoms with Gasteiger partial charge in [-0.3, -0.25) is 0 Å². The summed E-state index contributed by atoms with van der Waals surface area (Å²) in [5.74, 6) is 5.49. The fourth-order valence-electron chi connectivity index (χ4n) is 2.28. The van der Waals surface area contributed by atoms with Crippen molar-refractivity contribution >= 4 is 0 Å². The van der Waals surface area contributed by atoms with E-state index in [0.717, 1.165) is 11.3 Å². The number of nitrogens with two attached hydrogens (primary N) is 1. The average molecular weight is 305 g/mol. The lowest BCUT2D eigenvalue weighted by molar-refractivity contribution is 0.736. The number of hydrogen-bond donors (Lipinski definition) is 2. The molecule has 0 aliphatic rings. The van der Waals surface area contributed by atoms with E-state index in [1.807, 2.05) is 42.6 Å². The molecule has 0 spiro atoms. The molecule has 0 fully saturated rings.